The Labute approximate surface area is 83.4 Å². The second-order valence-electron chi connectivity index (χ2n) is 3.10. The highest BCUT2D eigenvalue weighted by molar-refractivity contribution is 5.48. The quantitative estimate of drug-likeness (QED) is 0.482. The lowest BCUT2D eigenvalue weighted by Crippen LogP contribution is -2.26. The van der Waals surface area contributed by atoms with Gasteiger partial charge in [-0.05, 0) is 19.1 Å². The normalized spacial score (nSPS) is 11.5. The average Bonchev–Trinajstić information content (AvgIpc) is 2.18. The van der Waals surface area contributed by atoms with Gasteiger partial charge in [0.25, 0.3) is 0 Å². The molecule has 1 rings (SSSR count). The SMILES string of the molecule is Cc1ccc(N(N)/C=C(\N)CO)cc1. The number of aryl methyl sites for hydroxylation is 1. The van der Waals surface area contributed by atoms with E-state index in [1.807, 2.05) is 31.2 Å². The van der Waals surface area contributed by atoms with Crippen LogP contribution >= 0.6 is 0 Å². The zero-order valence-corrected chi connectivity index (χ0v) is 8.14. The van der Waals surface area contributed by atoms with Gasteiger partial charge in [-0.1, -0.05) is 17.7 Å². The van der Waals surface area contributed by atoms with Crippen LogP contribution in [-0.4, -0.2) is 11.7 Å². The van der Waals surface area contributed by atoms with Crippen LogP contribution in [0, 0.1) is 6.92 Å². The summed E-state index contributed by atoms with van der Waals surface area (Å²) in [6, 6.07) is 7.68. The summed E-state index contributed by atoms with van der Waals surface area (Å²) in [6.07, 6.45) is 1.49. The molecular weight excluding hydrogens is 178 g/mol. The van der Waals surface area contributed by atoms with Gasteiger partial charge in [0.05, 0.1) is 18.0 Å². The maximum absolute atomic E-state index is 8.70. The van der Waals surface area contributed by atoms with Crippen molar-refractivity contribution < 1.29 is 5.11 Å². The lowest BCUT2D eigenvalue weighted by molar-refractivity contribution is 0.329. The van der Waals surface area contributed by atoms with Gasteiger partial charge in [-0.15, -0.1) is 0 Å². The molecule has 0 spiro atoms. The van der Waals surface area contributed by atoms with Crippen LogP contribution in [0.15, 0.2) is 36.2 Å². The van der Waals surface area contributed by atoms with E-state index >= 15 is 0 Å². The van der Waals surface area contributed by atoms with Crippen molar-refractivity contribution in [2.24, 2.45) is 11.6 Å². The summed E-state index contributed by atoms with van der Waals surface area (Å²) in [5.41, 5.74) is 7.75. The lowest BCUT2D eigenvalue weighted by Gasteiger charge is -2.14. The van der Waals surface area contributed by atoms with Crippen molar-refractivity contribution in [3.05, 3.63) is 41.7 Å². The molecule has 0 aliphatic rings. The predicted molar refractivity (Wildman–Crippen MR) is 57.2 cm³/mol. The van der Waals surface area contributed by atoms with Crippen molar-refractivity contribution in [3.63, 3.8) is 0 Å². The molecule has 1 aromatic rings. The molecule has 0 radical (unpaired) electrons. The van der Waals surface area contributed by atoms with Gasteiger partial charge in [-0.2, -0.15) is 0 Å². The van der Waals surface area contributed by atoms with E-state index in [9.17, 15) is 0 Å². The maximum atomic E-state index is 8.70. The largest absolute Gasteiger partial charge is 0.399 e. The number of nitrogens with zero attached hydrogens (tertiary/aromatic N) is 1. The van der Waals surface area contributed by atoms with Crippen molar-refractivity contribution in [2.75, 3.05) is 11.6 Å². The zero-order chi connectivity index (χ0) is 10.6. The summed E-state index contributed by atoms with van der Waals surface area (Å²) in [6.45, 7) is 1.81. The molecule has 0 heterocycles. The minimum absolute atomic E-state index is 0.195. The number of hydrogen-bond donors (Lipinski definition) is 3. The molecule has 0 amide bonds. The molecule has 0 saturated carbocycles. The Hall–Kier alpha value is -1.52. The lowest BCUT2D eigenvalue weighted by atomic mass is 10.2. The Morgan fingerprint density at radius 3 is 2.50 bits per heavy atom. The fourth-order valence-corrected chi connectivity index (χ4v) is 1.01. The first-order valence-electron chi connectivity index (χ1n) is 4.31. The van der Waals surface area contributed by atoms with Gasteiger partial charge in [0, 0.05) is 6.20 Å². The Kier molecular flexibility index (Phi) is 3.50. The third kappa shape index (κ3) is 2.76. The smallest absolute Gasteiger partial charge is 0.0840 e. The number of nitrogens with two attached hydrogens (primary N) is 2. The molecule has 4 heteroatoms. The number of benzene rings is 1. The van der Waals surface area contributed by atoms with Crippen LogP contribution in [0.4, 0.5) is 5.69 Å². The van der Waals surface area contributed by atoms with E-state index < -0.39 is 0 Å². The van der Waals surface area contributed by atoms with Crippen molar-refractivity contribution >= 4 is 5.69 Å². The van der Waals surface area contributed by atoms with E-state index in [-0.39, 0.29) is 6.61 Å². The number of aliphatic hydroxyl groups is 1. The van der Waals surface area contributed by atoms with Crippen molar-refractivity contribution in [2.45, 2.75) is 6.92 Å². The molecule has 0 saturated heterocycles. The summed E-state index contributed by atoms with van der Waals surface area (Å²) in [5, 5.41) is 10.1. The summed E-state index contributed by atoms with van der Waals surface area (Å²) in [4.78, 5) is 0. The second kappa shape index (κ2) is 4.64. The zero-order valence-electron chi connectivity index (χ0n) is 8.14. The van der Waals surface area contributed by atoms with Crippen LogP contribution in [0.3, 0.4) is 0 Å². The monoisotopic (exact) mass is 193 g/mol. The number of hydrogen-bond acceptors (Lipinski definition) is 4. The molecular formula is C10H15N3O. The molecule has 0 aromatic heterocycles. The summed E-state index contributed by atoms with van der Waals surface area (Å²) in [5.74, 6) is 5.69. The van der Waals surface area contributed by atoms with E-state index in [2.05, 4.69) is 0 Å². The molecule has 1 aromatic carbocycles. The van der Waals surface area contributed by atoms with Crippen LogP contribution in [0.1, 0.15) is 5.56 Å². The van der Waals surface area contributed by atoms with E-state index in [4.69, 9.17) is 16.7 Å². The van der Waals surface area contributed by atoms with Gasteiger partial charge in [0.2, 0.25) is 0 Å². The van der Waals surface area contributed by atoms with Crippen molar-refractivity contribution in [1.29, 1.82) is 0 Å². The van der Waals surface area contributed by atoms with E-state index in [1.165, 1.54) is 16.8 Å². The minimum atomic E-state index is -0.195. The molecule has 0 aliphatic heterocycles. The van der Waals surface area contributed by atoms with Gasteiger partial charge in [0.15, 0.2) is 0 Å². The van der Waals surface area contributed by atoms with Crippen LogP contribution in [0.5, 0.6) is 0 Å². The van der Waals surface area contributed by atoms with Gasteiger partial charge in [-0.3, -0.25) is 5.01 Å². The standard InChI is InChI=1S/C10H15N3O/c1-8-2-4-10(5-3-8)13(12)6-9(11)7-14/h2-6,14H,7,11-12H2,1H3/b9-6-. The van der Waals surface area contributed by atoms with Gasteiger partial charge >= 0.3 is 0 Å². The molecule has 0 unspecified atom stereocenters. The Morgan fingerprint density at radius 2 is 2.00 bits per heavy atom. The molecule has 0 atom stereocenters. The first kappa shape index (κ1) is 10.6. The number of anilines is 1. The summed E-state index contributed by atoms with van der Waals surface area (Å²) >= 11 is 0. The Balaban J connectivity index is 2.79. The molecule has 14 heavy (non-hydrogen) atoms. The van der Waals surface area contributed by atoms with Crippen molar-refractivity contribution in [3.8, 4) is 0 Å². The van der Waals surface area contributed by atoms with Crippen LogP contribution in [-0.2, 0) is 0 Å². The highest BCUT2D eigenvalue weighted by Crippen LogP contribution is 2.12. The number of rotatable bonds is 3. The van der Waals surface area contributed by atoms with E-state index in [0.717, 1.165) is 5.69 Å². The first-order valence-corrected chi connectivity index (χ1v) is 4.31. The van der Waals surface area contributed by atoms with E-state index in [1.54, 1.807) is 0 Å². The molecule has 0 bridgehead atoms. The number of hydrazine groups is 1. The summed E-state index contributed by atoms with van der Waals surface area (Å²) < 4.78 is 0. The fraction of sp³-hybridized carbons (Fsp3) is 0.200. The topological polar surface area (TPSA) is 75.5 Å². The maximum Gasteiger partial charge on any atom is 0.0840 e. The highest BCUT2D eigenvalue weighted by atomic mass is 16.3. The third-order valence-electron chi connectivity index (χ3n) is 1.82. The minimum Gasteiger partial charge on any atom is -0.399 e. The first-order chi connectivity index (χ1) is 6.63. The molecule has 0 fully saturated rings. The van der Waals surface area contributed by atoms with Crippen LogP contribution in [0.2, 0.25) is 0 Å². The van der Waals surface area contributed by atoms with E-state index in [0.29, 0.717) is 5.70 Å². The van der Waals surface area contributed by atoms with Crippen molar-refractivity contribution in [1.82, 2.24) is 0 Å². The molecule has 5 N–H and O–H groups in total. The van der Waals surface area contributed by atoms with Crippen LogP contribution in [0.25, 0.3) is 0 Å². The third-order valence-corrected chi connectivity index (χ3v) is 1.82. The number of aliphatic hydroxyl groups excluding tert-OH is 1. The fourth-order valence-electron chi connectivity index (χ4n) is 1.01. The summed E-state index contributed by atoms with van der Waals surface area (Å²) in [7, 11) is 0. The molecule has 76 valence electrons. The second-order valence-corrected chi connectivity index (χ2v) is 3.10. The van der Waals surface area contributed by atoms with Gasteiger partial charge in [-0.25, -0.2) is 5.84 Å². The molecule has 4 nitrogen and oxygen atoms in total. The average molecular weight is 193 g/mol. The Morgan fingerprint density at radius 1 is 1.43 bits per heavy atom. The Bertz CT molecular complexity index is 319. The molecule has 0 aliphatic carbocycles. The van der Waals surface area contributed by atoms with Crippen LogP contribution < -0.4 is 16.6 Å². The van der Waals surface area contributed by atoms with Gasteiger partial charge in [0.1, 0.15) is 0 Å². The predicted octanol–water partition coefficient (Wildman–Crippen LogP) is 0.468. The highest BCUT2D eigenvalue weighted by Gasteiger charge is 1.97. The van der Waals surface area contributed by atoms with Gasteiger partial charge < -0.3 is 10.8 Å².